The van der Waals surface area contributed by atoms with Crippen LogP contribution in [0.25, 0.3) is 6.08 Å². The summed E-state index contributed by atoms with van der Waals surface area (Å²) in [7, 11) is 0. The number of hydrogen-bond donors (Lipinski definition) is 1. The highest BCUT2D eigenvalue weighted by Crippen LogP contribution is 2.18. The van der Waals surface area contributed by atoms with Gasteiger partial charge in [-0.3, -0.25) is 10.1 Å². The first-order valence-corrected chi connectivity index (χ1v) is 8.42. The number of nitrogens with one attached hydrogen (secondary N) is 1. The number of carbonyl (C=O) groups excluding carboxylic acids is 1. The Labute approximate surface area is 140 Å². The average Bonchev–Trinajstić information content (AvgIpc) is 2.93. The molecule has 1 amide bonds. The van der Waals surface area contributed by atoms with Crippen LogP contribution in [0.3, 0.4) is 0 Å². The van der Waals surface area contributed by atoms with Crippen LogP contribution < -0.4 is 10.1 Å². The molecule has 23 heavy (non-hydrogen) atoms. The Bertz CT molecular complexity index is 663. The first-order chi connectivity index (χ1) is 11.1. The molecule has 0 unspecified atom stereocenters. The number of amides is 1. The van der Waals surface area contributed by atoms with Crippen LogP contribution in [0, 0.1) is 5.92 Å². The summed E-state index contributed by atoms with van der Waals surface area (Å²) < 4.78 is 5.38. The van der Waals surface area contributed by atoms with Gasteiger partial charge in [0.2, 0.25) is 11.0 Å². The van der Waals surface area contributed by atoms with Crippen molar-refractivity contribution in [2.45, 2.75) is 27.2 Å². The Kier molecular flexibility index (Phi) is 6.29. The van der Waals surface area contributed by atoms with Crippen LogP contribution in [0.15, 0.2) is 30.3 Å². The van der Waals surface area contributed by atoms with Crippen molar-refractivity contribution in [3.8, 4) is 5.75 Å². The maximum atomic E-state index is 11.9. The zero-order chi connectivity index (χ0) is 16.7. The molecule has 0 aliphatic heterocycles. The predicted molar refractivity (Wildman–Crippen MR) is 93.7 cm³/mol. The van der Waals surface area contributed by atoms with Crippen molar-refractivity contribution >= 4 is 28.5 Å². The molecule has 0 spiro atoms. The molecule has 0 saturated carbocycles. The van der Waals surface area contributed by atoms with E-state index in [4.69, 9.17) is 4.74 Å². The second-order valence-corrected chi connectivity index (χ2v) is 6.49. The van der Waals surface area contributed by atoms with E-state index in [1.54, 1.807) is 6.08 Å². The van der Waals surface area contributed by atoms with Crippen molar-refractivity contribution in [3.63, 3.8) is 0 Å². The summed E-state index contributed by atoms with van der Waals surface area (Å²) in [6.45, 7) is 6.83. The molecule has 1 N–H and O–H groups in total. The van der Waals surface area contributed by atoms with E-state index in [-0.39, 0.29) is 5.91 Å². The summed E-state index contributed by atoms with van der Waals surface area (Å²) in [4.78, 5) is 11.9. The zero-order valence-electron chi connectivity index (χ0n) is 13.6. The fraction of sp³-hybridized carbons (Fsp3) is 0.353. The SMILES string of the molecule is CCOc1ccc(/C=C/C(=O)Nc2nnc(CC(C)C)s2)cc1. The predicted octanol–water partition coefficient (Wildman–Crippen LogP) is 3.79. The van der Waals surface area contributed by atoms with Crippen LogP contribution in [0.5, 0.6) is 5.75 Å². The fourth-order valence-electron chi connectivity index (χ4n) is 1.90. The topological polar surface area (TPSA) is 64.1 Å². The van der Waals surface area contributed by atoms with Crippen molar-refractivity contribution in [1.29, 1.82) is 0 Å². The lowest BCUT2D eigenvalue weighted by Crippen LogP contribution is -2.07. The van der Waals surface area contributed by atoms with Gasteiger partial charge in [0.15, 0.2) is 0 Å². The quantitative estimate of drug-likeness (QED) is 0.784. The number of rotatable bonds is 7. The van der Waals surface area contributed by atoms with Gasteiger partial charge in [0, 0.05) is 12.5 Å². The molecule has 1 aromatic heterocycles. The molecule has 0 bridgehead atoms. The first kappa shape index (κ1) is 17.1. The van der Waals surface area contributed by atoms with E-state index in [0.717, 1.165) is 22.7 Å². The summed E-state index contributed by atoms with van der Waals surface area (Å²) in [6, 6.07) is 7.56. The van der Waals surface area contributed by atoms with Gasteiger partial charge in [-0.25, -0.2) is 0 Å². The smallest absolute Gasteiger partial charge is 0.250 e. The molecule has 0 radical (unpaired) electrons. The third-order valence-electron chi connectivity index (χ3n) is 2.90. The Morgan fingerprint density at radius 1 is 1.30 bits per heavy atom. The second-order valence-electron chi connectivity index (χ2n) is 5.42. The number of nitrogens with zero attached hydrogens (tertiary/aromatic N) is 2. The zero-order valence-corrected chi connectivity index (χ0v) is 14.4. The molecule has 6 heteroatoms. The minimum Gasteiger partial charge on any atom is -0.494 e. The van der Waals surface area contributed by atoms with Gasteiger partial charge in [0.1, 0.15) is 10.8 Å². The van der Waals surface area contributed by atoms with Gasteiger partial charge < -0.3 is 4.74 Å². The maximum Gasteiger partial charge on any atom is 0.250 e. The first-order valence-electron chi connectivity index (χ1n) is 7.61. The van der Waals surface area contributed by atoms with Crippen LogP contribution in [0.1, 0.15) is 31.3 Å². The largest absolute Gasteiger partial charge is 0.494 e. The second kappa shape index (κ2) is 8.43. The normalized spacial score (nSPS) is 11.1. The number of aromatic nitrogens is 2. The van der Waals surface area contributed by atoms with Crippen molar-refractivity contribution in [1.82, 2.24) is 10.2 Å². The number of benzene rings is 1. The van der Waals surface area contributed by atoms with Crippen LogP contribution >= 0.6 is 11.3 Å². The number of ether oxygens (including phenoxy) is 1. The Hall–Kier alpha value is -2.21. The van der Waals surface area contributed by atoms with Crippen molar-refractivity contribution in [2.24, 2.45) is 5.92 Å². The van der Waals surface area contributed by atoms with Gasteiger partial charge in [-0.05, 0) is 36.6 Å². The Balaban J connectivity index is 1.89. The lowest BCUT2D eigenvalue weighted by molar-refractivity contribution is -0.111. The molecule has 122 valence electrons. The average molecular weight is 331 g/mol. The minimum absolute atomic E-state index is 0.217. The van der Waals surface area contributed by atoms with E-state index >= 15 is 0 Å². The van der Waals surface area contributed by atoms with E-state index in [1.807, 2.05) is 31.2 Å². The number of carbonyl (C=O) groups is 1. The van der Waals surface area contributed by atoms with Crippen LogP contribution in [0.2, 0.25) is 0 Å². The number of anilines is 1. The third-order valence-corrected chi connectivity index (χ3v) is 3.76. The van der Waals surface area contributed by atoms with Gasteiger partial charge in [-0.15, -0.1) is 10.2 Å². The molecule has 2 rings (SSSR count). The molecule has 0 aliphatic rings. The summed E-state index contributed by atoms with van der Waals surface area (Å²) in [5.74, 6) is 1.12. The molecular weight excluding hydrogens is 310 g/mol. The summed E-state index contributed by atoms with van der Waals surface area (Å²) in [5.41, 5.74) is 0.932. The molecule has 2 aromatic rings. The van der Waals surface area contributed by atoms with E-state index in [1.165, 1.54) is 17.4 Å². The van der Waals surface area contributed by atoms with Gasteiger partial charge in [0.25, 0.3) is 0 Å². The lowest BCUT2D eigenvalue weighted by Gasteiger charge is -2.02. The summed E-state index contributed by atoms with van der Waals surface area (Å²) in [5, 5.41) is 12.3. The van der Waals surface area contributed by atoms with Gasteiger partial charge in [-0.2, -0.15) is 0 Å². The van der Waals surface area contributed by atoms with Crippen LogP contribution in [-0.4, -0.2) is 22.7 Å². The number of hydrogen-bond acceptors (Lipinski definition) is 5. The van der Waals surface area contributed by atoms with E-state index < -0.39 is 0 Å². The highest BCUT2D eigenvalue weighted by molar-refractivity contribution is 7.15. The molecule has 0 saturated heterocycles. The highest BCUT2D eigenvalue weighted by atomic mass is 32.1. The summed E-state index contributed by atoms with van der Waals surface area (Å²) >= 11 is 1.41. The van der Waals surface area contributed by atoms with Gasteiger partial charge in [-0.1, -0.05) is 37.3 Å². The monoisotopic (exact) mass is 331 g/mol. The third kappa shape index (κ3) is 5.83. The Morgan fingerprint density at radius 3 is 2.70 bits per heavy atom. The van der Waals surface area contributed by atoms with Gasteiger partial charge >= 0.3 is 0 Å². The molecule has 0 aliphatic carbocycles. The van der Waals surface area contributed by atoms with Crippen molar-refractivity contribution < 1.29 is 9.53 Å². The standard InChI is InChI=1S/C17H21N3O2S/c1-4-22-14-8-5-13(6-9-14)7-10-15(21)18-17-20-19-16(23-17)11-12(2)3/h5-10,12H,4,11H2,1-3H3,(H,18,20,21)/b10-7+. The van der Waals surface area contributed by atoms with Crippen LogP contribution in [0.4, 0.5) is 5.13 Å². The Morgan fingerprint density at radius 2 is 2.04 bits per heavy atom. The maximum absolute atomic E-state index is 11.9. The highest BCUT2D eigenvalue weighted by Gasteiger charge is 2.07. The lowest BCUT2D eigenvalue weighted by atomic mass is 10.1. The van der Waals surface area contributed by atoms with E-state index in [2.05, 4.69) is 29.4 Å². The summed E-state index contributed by atoms with van der Waals surface area (Å²) in [6.07, 6.45) is 4.11. The van der Waals surface area contributed by atoms with Crippen molar-refractivity contribution in [2.75, 3.05) is 11.9 Å². The van der Waals surface area contributed by atoms with Crippen LogP contribution in [-0.2, 0) is 11.2 Å². The fourth-order valence-corrected chi connectivity index (χ4v) is 2.85. The van der Waals surface area contributed by atoms with E-state index in [0.29, 0.717) is 17.7 Å². The van der Waals surface area contributed by atoms with E-state index in [9.17, 15) is 4.79 Å². The molecular formula is C17H21N3O2S. The molecule has 1 heterocycles. The molecule has 5 nitrogen and oxygen atoms in total. The minimum atomic E-state index is -0.217. The molecule has 0 fully saturated rings. The molecule has 0 atom stereocenters. The molecule has 1 aromatic carbocycles. The van der Waals surface area contributed by atoms with Crippen molar-refractivity contribution in [3.05, 3.63) is 40.9 Å². The van der Waals surface area contributed by atoms with Gasteiger partial charge in [0.05, 0.1) is 6.61 Å².